The summed E-state index contributed by atoms with van der Waals surface area (Å²) < 4.78 is 5.04. The Kier molecular flexibility index (Phi) is 3.83. The normalized spacial score (nSPS) is 16.6. The second kappa shape index (κ2) is 4.83. The van der Waals surface area contributed by atoms with Crippen molar-refractivity contribution >= 4 is 18.0 Å². The minimum absolute atomic E-state index is 0.462. The smallest absolute Gasteiger partial charge is 0.408 e. The van der Waals surface area contributed by atoms with E-state index in [1.54, 1.807) is 20.8 Å². The van der Waals surface area contributed by atoms with Crippen molar-refractivity contribution in [2.45, 2.75) is 44.8 Å². The Balaban J connectivity index is 2.48. The summed E-state index contributed by atoms with van der Waals surface area (Å²) in [6, 6.07) is 0. The standard InChI is InChI=1S/C11H18N2O5/c1-10(2,3)18-9(17)13-11(4-5-11)8(16)12-6-7(14)15/h4-6H2,1-3H3,(H,12,16)(H,13,17)(H,14,15). The molecule has 0 unspecified atom stereocenters. The van der Waals surface area contributed by atoms with Crippen LogP contribution in [0.25, 0.3) is 0 Å². The molecule has 0 saturated heterocycles. The molecule has 2 amide bonds. The zero-order chi connectivity index (χ0) is 14.0. The number of carbonyl (C=O) groups is 3. The van der Waals surface area contributed by atoms with Gasteiger partial charge in [-0.25, -0.2) is 4.79 Å². The average Bonchev–Trinajstić information content (AvgIpc) is 2.91. The first-order valence-electron chi connectivity index (χ1n) is 5.66. The lowest BCUT2D eigenvalue weighted by molar-refractivity contribution is -0.138. The van der Waals surface area contributed by atoms with Crippen LogP contribution >= 0.6 is 0 Å². The summed E-state index contributed by atoms with van der Waals surface area (Å²) in [5.74, 6) is -1.62. The molecule has 1 saturated carbocycles. The highest BCUT2D eigenvalue weighted by atomic mass is 16.6. The van der Waals surface area contributed by atoms with Gasteiger partial charge in [0.25, 0.3) is 0 Å². The van der Waals surface area contributed by atoms with Gasteiger partial charge in [-0.2, -0.15) is 0 Å². The molecule has 0 atom stereocenters. The van der Waals surface area contributed by atoms with Crippen LogP contribution in [0, 0.1) is 0 Å². The number of rotatable bonds is 4. The number of carboxylic acid groups (broad SMARTS) is 1. The first-order chi connectivity index (χ1) is 8.15. The highest BCUT2D eigenvalue weighted by molar-refractivity contribution is 5.94. The molecule has 0 aliphatic heterocycles. The van der Waals surface area contributed by atoms with Crippen molar-refractivity contribution < 1.29 is 24.2 Å². The third-order valence-electron chi connectivity index (χ3n) is 2.33. The van der Waals surface area contributed by atoms with Crippen molar-refractivity contribution in [3.05, 3.63) is 0 Å². The lowest BCUT2D eigenvalue weighted by Crippen LogP contribution is -2.51. The Morgan fingerprint density at radius 1 is 1.28 bits per heavy atom. The fourth-order valence-corrected chi connectivity index (χ4v) is 1.36. The zero-order valence-electron chi connectivity index (χ0n) is 10.7. The number of alkyl carbamates (subject to hydrolysis) is 1. The quantitative estimate of drug-likeness (QED) is 0.670. The van der Waals surface area contributed by atoms with Crippen LogP contribution in [-0.4, -0.2) is 40.8 Å². The first kappa shape index (κ1) is 14.3. The monoisotopic (exact) mass is 258 g/mol. The summed E-state index contributed by atoms with van der Waals surface area (Å²) in [6.07, 6.45) is 0.292. The molecule has 0 bridgehead atoms. The molecule has 7 heteroatoms. The fourth-order valence-electron chi connectivity index (χ4n) is 1.36. The Hall–Kier alpha value is -1.79. The Morgan fingerprint density at radius 3 is 2.22 bits per heavy atom. The maximum Gasteiger partial charge on any atom is 0.408 e. The molecular formula is C11H18N2O5. The Labute approximate surface area is 105 Å². The molecule has 0 aromatic heterocycles. The van der Waals surface area contributed by atoms with E-state index in [0.717, 1.165) is 0 Å². The van der Waals surface area contributed by atoms with Crippen LogP contribution in [0.5, 0.6) is 0 Å². The molecular weight excluding hydrogens is 240 g/mol. The van der Waals surface area contributed by atoms with E-state index in [-0.39, 0.29) is 0 Å². The summed E-state index contributed by atoms with van der Waals surface area (Å²) in [5, 5.41) is 13.2. The van der Waals surface area contributed by atoms with Gasteiger partial charge in [0.2, 0.25) is 5.91 Å². The second-order valence-corrected chi connectivity index (χ2v) is 5.29. The number of ether oxygens (including phenoxy) is 1. The van der Waals surface area contributed by atoms with E-state index in [1.807, 2.05) is 0 Å². The van der Waals surface area contributed by atoms with Crippen LogP contribution in [0.4, 0.5) is 4.79 Å². The Bertz CT molecular complexity index is 368. The van der Waals surface area contributed by atoms with Gasteiger partial charge >= 0.3 is 12.1 Å². The maximum atomic E-state index is 11.7. The molecule has 0 heterocycles. The Morgan fingerprint density at radius 2 is 1.83 bits per heavy atom. The molecule has 1 aliphatic carbocycles. The van der Waals surface area contributed by atoms with Crippen molar-refractivity contribution in [2.24, 2.45) is 0 Å². The van der Waals surface area contributed by atoms with E-state index in [0.29, 0.717) is 12.8 Å². The van der Waals surface area contributed by atoms with Crippen LogP contribution in [0.15, 0.2) is 0 Å². The fraction of sp³-hybridized carbons (Fsp3) is 0.727. The average molecular weight is 258 g/mol. The molecule has 7 nitrogen and oxygen atoms in total. The third-order valence-corrected chi connectivity index (χ3v) is 2.33. The van der Waals surface area contributed by atoms with Gasteiger partial charge in [0.05, 0.1) is 0 Å². The van der Waals surface area contributed by atoms with E-state index in [1.165, 1.54) is 0 Å². The molecule has 3 N–H and O–H groups in total. The second-order valence-electron chi connectivity index (χ2n) is 5.29. The van der Waals surface area contributed by atoms with Crippen molar-refractivity contribution in [3.8, 4) is 0 Å². The maximum absolute atomic E-state index is 11.7. The van der Waals surface area contributed by atoms with Crippen LogP contribution < -0.4 is 10.6 Å². The third kappa shape index (κ3) is 4.23. The number of hydrogen-bond donors (Lipinski definition) is 3. The lowest BCUT2D eigenvalue weighted by atomic mass is 10.2. The van der Waals surface area contributed by atoms with Gasteiger partial charge in [-0.05, 0) is 33.6 Å². The molecule has 1 fully saturated rings. The van der Waals surface area contributed by atoms with Gasteiger partial charge in [-0.15, -0.1) is 0 Å². The van der Waals surface area contributed by atoms with Gasteiger partial charge in [0.1, 0.15) is 17.7 Å². The number of carbonyl (C=O) groups excluding carboxylic acids is 2. The molecule has 0 aromatic carbocycles. The van der Waals surface area contributed by atoms with Crippen molar-refractivity contribution in [2.75, 3.05) is 6.54 Å². The summed E-state index contributed by atoms with van der Waals surface area (Å²) in [5.41, 5.74) is -1.64. The summed E-state index contributed by atoms with van der Waals surface area (Å²) in [7, 11) is 0. The summed E-state index contributed by atoms with van der Waals surface area (Å²) in [4.78, 5) is 33.5. The summed E-state index contributed by atoms with van der Waals surface area (Å²) in [6.45, 7) is 4.69. The lowest BCUT2D eigenvalue weighted by Gasteiger charge is -2.22. The molecule has 102 valence electrons. The number of nitrogens with one attached hydrogen (secondary N) is 2. The minimum Gasteiger partial charge on any atom is -0.480 e. The zero-order valence-corrected chi connectivity index (χ0v) is 10.7. The van der Waals surface area contributed by atoms with Crippen LogP contribution in [-0.2, 0) is 14.3 Å². The van der Waals surface area contributed by atoms with E-state index in [9.17, 15) is 14.4 Å². The van der Waals surface area contributed by atoms with Crippen LogP contribution in [0.2, 0.25) is 0 Å². The van der Waals surface area contributed by atoms with Gasteiger partial charge < -0.3 is 20.5 Å². The SMILES string of the molecule is CC(C)(C)OC(=O)NC1(C(=O)NCC(=O)O)CC1. The predicted octanol–water partition coefficient (Wildman–Crippen LogP) is 0.245. The summed E-state index contributed by atoms with van der Waals surface area (Å²) >= 11 is 0. The highest BCUT2D eigenvalue weighted by Crippen LogP contribution is 2.35. The molecule has 1 aliphatic rings. The number of hydrogen-bond acceptors (Lipinski definition) is 4. The van der Waals surface area contributed by atoms with Crippen molar-refractivity contribution in [1.29, 1.82) is 0 Å². The molecule has 0 radical (unpaired) electrons. The molecule has 18 heavy (non-hydrogen) atoms. The van der Waals surface area contributed by atoms with Crippen LogP contribution in [0.3, 0.4) is 0 Å². The minimum atomic E-state index is -1.13. The van der Waals surface area contributed by atoms with Gasteiger partial charge in [0.15, 0.2) is 0 Å². The largest absolute Gasteiger partial charge is 0.480 e. The predicted molar refractivity (Wildman–Crippen MR) is 62.0 cm³/mol. The van der Waals surface area contributed by atoms with Gasteiger partial charge in [-0.1, -0.05) is 0 Å². The van der Waals surface area contributed by atoms with Gasteiger partial charge in [0, 0.05) is 0 Å². The van der Waals surface area contributed by atoms with Gasteiger partial charge in [-0.3, -0.25) is 9.59 Å². The van der Waals surface area contributed by atoms with E-state index in [2.05, 4.69) is 10.6 Å². The number of aliphatic carboxylic acids is 1. The van der Waals surface area contributed by atoms with E-state index in [4.69, 9.17) is 9.84 Å². The first-order valence-corrected chi connectivity index (χ1v) is 5.66. The van der Waals surface area contributed by atoms with Crippen molar-refractivity contribution in [1.82, 2.24) is 10.6 Å². The topological polar surface area (TPSA) is 105 Å². The number of carboxylic acids is 1. The van der Waals surface area contributed by atoms with Crippen LogP contribution in [0.1, 0.15) is 33.6 Å². The van der Waals surface area contributed by atoms with Crippen molar-refractivity contribution in [3.63, 3.8) is 0 Å². The van der Waals surface area contributed by atoms with E-state index < -0.39 is 35.7 Å². The van der Waals surface area contributed by atoms with E-state index >= 15 is 0 Å². The highest BCUT2D eigenvalue weighted by Gasteiger charge is 2.51. The molecule has 1 rings (SSSR count). The molecule has 0 spiro atoms. The molecule has 0 aromatic rings. The number of amides is 2.